The molecule has 0 aliphatic rings. The Morgan fingerprint density at radius 1 is 1.35 bits per heavy atom. The van der Waals surface area contributed by atoms with Crippen LogP contribution in [0.3, 0.4) is 0 Å². The molecular formula is C12H15NO4. The van der Waals surface area contributed by atoms with Crippen LogP contribution in [0.15, 0.2) is 18.2 Å². The number of phenols is 1. The number of hydrogen-bond donors (Lipinski definition) is 3. The van der Waals surface area contributed by atoms with Crippen molar-refractivity contribution in [1.82, 2.24) is 0 Å². The summed E-state index contributed by atoms with van der Waals surface area (Å²) >= 11 is 0. The van der Waals surface area contributed by atoms with Gasteiger partial charge in [-0.2, -0.15) is 0 Å². The van der Waals surface area contributed by atoms with Gasteiger partial charge in [0.1, 0.15) is 11.3 Å². The first-order valence-corrected chi connectivity index (χ1v) is 5.26. The third-order valence-electron chi connectivity index (χ3n) is 2.11. The minimum Gasteiger partial charge on any atom is -0.507 e. The third kappa shape index (κ3) is 3.79. The number of aromatic hydroxyl groups is 1. The quantitative estimate of drug-likeness (QED) is 0.748. The summed E-state index contributed by atoms with van der Waals surface area (Å²) in [5.41, 5.74) is 0.199. The lowest BCUT2D eigenvalue weighted by Crippen LogP contribution is -2.13. The molecular weight excluding hydrogens is 222 g/mol. The zero-order chi connectivity index (χ0) is 13.0. The molecule has 1 amide bonds. The molecule has 0 aliphatic carbocycles. The van der Waals surface area contributed by atoms with Crippen LogP contribution in [0.2, 0.25) is 0 Å². The van der Waals surface area contributed by atoms with Crippen molar-refractivity contribution in [3.8, 4) is 5.75 Å². The molecule has 0 atom stereocenters. The molecule has 0 saturated carbocycles. The average molecular weight is 237 g/mol. The molecule has 0 unspecified atom stereocenters. The van der Waals surface area contributed by atoms with Gasteiger partial charge >= 0.3 is 5.97 Å². The Bertz CT molecular complexity index is 440. The van der Waals surface area contributed by atoms with Gasteiger partial charge in [-0.1, -0.05) is 13.8 Å². The molecule has 0 aromatic heterocycles. The number of carbonyl (C=O) groups is 2. The van der Waals surface area contributed by atoms with Gasteiger partial charge in [-0.3, -0.25) is 4.79 Å². The normalized spacial score (nSPS) is 10.3. The maximum Gasteiger partial charge on any atom is 0.339 e. The second-order valence-electron chi connectivity index (χ2n) is 4.18. The molecule has 5 nitrogen and oxygen atoms in total. The van der Waals surface area contributed by atoms with Gasteiger partial charge in [-0.15, -0.1) is 0 Å². The van der Waals surface area contributed by atoms with Crippen LogP contribution in [0, 0.1) is 5.92 Å². The Morgan fingerprint density at radius 3 is 2.47 bits per heavy atom. The summed E-state index contributed by atoms with van der Waals surface area (Å²) in [6.45, 7) is 3.84. The first kappa shape index (κ1) is 13.0. The van der Waals surface area contributed by atoms with Gasteiger partial charge in [0.25, 0.3) is 0 Å². The molecule has 3 N–H and O–H groups in total. The predicted molar refractivity (Wildman–Crippen MR) is 63.2 cm³/mol. The summed E-state index contributed by atoms with van der Waals surface area (Å²) in [5.74, 6) is -1.49. The van der Waals surface area contributed by atoms with Crippen molar-refractivity contribution >= 4 is 17.6 Å². The highest BCUT2D eigenvalue weighted by atomic mass is 16.4. The summed E-state index contributed by atoms with van der Waals surface area (Å²) in [7, 11) is 0. The van der Waals surface area contributed by atoms with Crippen LogP contribution in [-0.4, -0.2) is 22.1 Å². The molecule has 0 heterocycles. The van der Waals surface area contributed by atoms with Gasteiger partial charge in [0.15, 0.2) is 0 Å². The van der Waals surface area contributed by atoms with E-state index in [1.54, 1.807) is 0 Å². The Balaban J connectivity index is 2.77. The highest BCUT2D eigenvalue weighted by molar-refractivity contribution is 5.94. The molecule has 17 heavy (non-hydrogen) atoms. The summed E-state index contributed by atoms with van der Waals surface area (Å²) in [5, 5.41) is 20.7. The van der Waals surface area contributed by atoms with E-state index < -0.39 is 5.97 Å². The van der Waals surface area contributed by atoms with E-state index in [1.165, 1.54) is 18.2 Å². The summed E-state index contributed by atoms with van der Waals surface area (Å²) in [6.07, 6.45) is 0.376. The van der Waals surface area contributed by atoms with E-state index in [2.05, 4.69) is 5.32 Å². The number of benzene rings is 1. The minimum atomic E-state index is -1.21. The number of rotatable bonds is 4. The first-order chi connectivity index (χ1) is 7.90. The zero-order valence-electron chi connectivity index (χ0n) is 9.73. The fourth-order valence-corrected chi connectivity index (χ4v) is 1.37. The maximum absolute atomic E-state index is 11.4. The number of aromatic carboxylic acids is 1. The van der Waals surface area contributed by atoms with E-state index in [0.717, 1.165) is 0 Å². The summed E-state index contributed by atoms with van der Waals surface area (Å²) in [6, 6.07) is 3.92. The molecule has 0 aliphatic heterocycles. The van der Waals surface area contributed by atoms with E-state index in [0.29, 0.717) is 12.1 Å². The molecule has 1 aromatic rings. The Hall–Kier alpha value is -2.04. The van der Waals surface area contributed by atoms with Gasteiger partial charge < -0.3 is 15.5 Å². The molecule has 1 rings (SSSR count). The van der Waals surface area contributed by atoms with Crippen LogP contribution >= 0.6 is 0 Å². The van der Waals surface area contributed by atoms with E-state index >= 15 is 0 Å². The van der Waals surface area contributed by atoms with Crippen LogP contribution in [0.4, 0.5) is 5.69 Å². The van der Waals surface area contributed by atoms with Crippen molar-refractivity contribution in [3.63, 3.8) is 0 Å². The van der Waals surface area contributed by atoms with Gasteiger partial charge in [0.2, 0.25) is 5.91 Å². The fourth-order valence-electron chi connectivity index (χ4n) is 1.37. The Kier molecular flexibility index (Phi) is 4.09. The van der Waals surface area contributed by atoms with Gasteiger partial charge in [-0.25, -0.2) is 4.79 Å². The lowest BCUT2D eigenvalue weighted by Gasteiger charge is -2.08. The number of hydrogen-bond acceptors (Lipinski definition) is 3. The van der Waals surface area contributed by atoms with Crippen LogP contribution < -0.4 is 5.32 Å². The van der Waals surface area contributed by atoms with Crippen LogP contribution in [0.5, 0.6) is 5.75 Å². The number of carboxylic acids is 1. The van der Waals surface area contributed by atoms with E-state index in [1.807, 2.05) is 13.8 Å². The SMILES string of the molecule is CC(C)CC(=O)Nc1ccc(C(=O)O)c(O)c1. The molecule has 0 saturated heterocycles. The second-order valence-corrected chi connectivity index (χ2v) is 4.18. The van der Waals surface area contributed by atoms with E-state index in [-0.39, 0.29) is 23.1 Å². The molecule has 0 spiro atoms. The number of nitrogens with one attached hydrogen (secondary N) is 1. The summed E-state index contributed by atoms with van der Waals surface area (Å²) in [4.78, 5) is 22.1. The number of amides is 1. The Labute approximate surface area is 99.1 Å². The molecule has 0 bridgehead atoms. The fraction of sp³-hybridized carbons (Fsp3) is 0.333. The number of carboxylic acid groups (broad SMARTS) is 1. The maximum atomic E-state index is 11.4. The highest BCUT2D eigenvalue weighted by Crippen LogP contribution is 2.22. The van der Waals surface area contributed by atoms with E-state index in [9.17, 15) is 14.7 Å². The topological polar surface area (TPSA) is 86.6 Å². The smallest absolute Gasteiger partial charge is 0.339 e. The lowest BCUT2D eigenvalue weighted by molar-refractivity contribution is -0.116. The molecule has 0 fully saturated rings. The van der Waals surface area contributed by atoms with Crippen LogP contribution in [-0.2, 0) is 4.79 Å². The lowest BCUT2D eigenvalue weighted by atomic mass is 10.1. The van der Waals surface area contributed by atoms with Crippen molar-refractivity contribution in [3.05, 3.63) is 23.8 Å². The first-order valence-electron chi connectivity index (χ1n) is 5.26. The second kappa shape index (κ2) is 5.34. The summed E-state index contributed by atoms with van der Waals surface area (Å²) < 4.78 is 0. The molecule has 0 radical (unpaired) electrons. The van der Waals surface area contributed by atoms with Gasteiger partial charge in [-0.05, 0) is 18.1 Å². The van der Waals surface area contributed by atoms with Crippen LogP contribution in [0.1, 0.15) is 30.6 Å². The van der Waals surface area contributed by atoms with Gasteiger partial charge in [0, 0.05) is 18.2 Å². The van der Waals surface area contributed by atoms with Crippen LogP contribution in [0.25, 0.3) is 0 Å². The molecule has 92 valence electrons. The van der Waals surface area contributed by atoms with Gasteiger partial charge in [0.05, 0.1) is 0 Å². The standard InChI is InChI=1S/C12H15NO4/c1-7(2)5-11(15)13-8-3-4-9(12(16)17)10(14)6-8/h3-4,6-7,14H,5H2,1-2H3,(H,13,15)(H,16,17). The van der Waals surface area contributed by atoms with Crippen molar-refractivity contribution in [1.29, 1.82) is 0 Å². The van der Waals surface area contributed by atoms with Crippen molar-refractivity contribution in [2.45, 2.75) is 20.3 Å². The molecule has 5 heteroatoms. The van der Waals surface area contributed by atoms with Crippen molar-refractivity contribution in [2.24, 2.45) is 5.92 Å². The largest absolute Gasteiger partial charge is 0.507 e. The number of carbonyl (C=O) groups excluding carboxylic acids is 1. The average Bonchev–Trinajstić information content (AvgIpc) is 2.15. The van der Waals surface area contributed by atoms with Crippen molar-refractivity contribution in [2.75, 3.05) is 5.32 Å². The zero-order valence-corrected chi connectivity index (χ0v) is 9.73. The molecule has 1 aromatic carbocycles. The Morgan fingerprint density at radius 2 is 2.00 bits per heavy atom. The minimum absolute atomic E-state index is 0.164. The van der Waals surface area contributed by atoms with E-state index in [4.69, 9.17) is 5.11 Å². The highest BCUT2D eigenvalue weighted by Gasteiger charge is 2.11. The van der Waals surface area contributed by atoms with Crippen molar-refractivity contribution < 1.29 is 19.8 Å². The predicted octanol–water partition coefficient (Wildman–Crippen LogP) is 2.07. The monoisotopic (exact) mass is 237 g/mol. The third-order valence-corrected chi connectivity index (χ3v) is 2.11. The number of anilines is 1.